The van der Waals surface area contributed by atoms with E-state index < -0.39 is 0 Å². The first kappa shape index (κ1) is 20.9. The maximum absolute atomic E-state index is 4.65. The lowest BCUT2D eigenvalue weighted by Crippen LogP contribution is -2.38. The van der Waals surface area contributed by atoms with E-state index in [0.29, 0.717) is 5.25 Å². The zero-order valence-electron chi connectivity index (χ0n) is 13.0. The van der Waals surface area contributed by atoms with E-state index in [4.69, 9.17) is 0 Å². The second-order valence-corrected chi connectivity index (χ2v) is 6.88. The van der Waals surface area contributed by atoms with Crippen molar-refractivity contribution in [2.24, 2.45) is 4.99 Å². The van der Waals surface area contributed by atoms with Crippen LogP contribution in [-0.2, 0) is 0 Å². The molecule has 1 aromatic rings. The van der Waals surface area contributed by atoms with Gasteiger partial charge in [0, 0.05) is 29.0 Å². The predicted octanol–water partition coefficient (Wildman–Crippen LogP) is 3.70. The zero-order chi connectivity index (χ0) is 14.6. The van der Waals surface area contributed by atoms with Crippen molar-refractivity contribution in [2.75, 3.05) is 31.6 Å². The molecule has 0 saturated heterocycles. The first-order valence-electron chi connectivity index (χ1n) is 6.99. The van der Waals surface area contributed by atoms with E-state index in [9.17, 15) is 0 Å². The fourth-order valence-electron chi connectivity index (χ4n) is 1.60. The quantitative estimate of drug-likeness (QED) is 0.213. The molecule has 2 N–H and O–H groups in total. The van der Waals surface area contributed by atoms with Crippen LogP contribution in [0.5, 0.6) is 0 Å². The molecule has 0 amide bonds. The van der Waals surface area contributed by atoms with Crippen LogP contribution in [-0.4, -0.2) is 42.9 Å². The van der Waals surface area contributed by atoms with Crippen molar-refractivity contribution in [3.05, 3.63) is 30.3 Å². The van der Waals surface area contributed by atoms with Crippen molar-refractivity contribution in [3.63, 3.8) is 0 Å². The molecule has 1 unspecified atom stereocenters. The summed E-state index contributed by atoms with van der Waals surface area (Å²) in [4.78, 5) is 5.95. The van der Waals surface area contributed by atoms with Crippen LogP contribution in [0.25, 0.3) is 0 Å². The van der Waals surface area contributed by atoms with Crippen LogP contribution >= 0.6 is 47.5 Å². The minimum absolute atomic E-state index is 0. The minimum atomic E-state index is 0. The number of guanidine groups is 1. The summed E-state index contributed by atoms with van der Waals surface area (Å²) in [6.45, 7) is 6.97. The molecule has 6 heteroatoms. The Bertz CT molecular complexity index is 388. The average Bonchev–Trinajstić information content (AvgIpc) is 2.46. The lowest BCUT2D eigenvalue weighted by Gasteiger charge is -2.13. The Balaban J connectivity index is 0.00000400. The Kier molecular flexibility index (Phi) is 13.5. The molecule has 0 aliphatic heterocycles. The first-order chi connectivity index (χ1) is 9.76. The number of nitrogens with one attached hydrogen (secondary N) is 2. The number of thioether (sulfide) groups is 2. The van der Waals surface area contributed by atoms with Gasteiger partial charge in [0.25, 0.3) is 0 Å². The summed E-state index contributed by atoms with van der Waals surface area (Å²) in [5.41, 5.74) is 0. The van der Waals surface area contributed by atoms with Gasteiger partial charge in [-0.25, -0.2) is 0 Å². The topological polar surface area (TPSA) is 36.4 Å². The van der Waals surface area contributed by atoms with Gasteiger partial charge in [-0.2, -0.15) is 11.8 Å². The third kappa shape index (κ3) is 10.3. The number of aliphatic imine (C=N–C) groups is 1. The van der Waals surface area contributed by atoms with Gasteiger partial charge < -0.3 is 10.6 Å². The zero-order valence-corrected chi connectivity index (χ0v) is 16.9. The van der Waals surface area contributed by atoms with Gasteiger partial charge in [-0.3, -0.25) is 4.99 Å². The molecule has 0 radical (unpaired) electrons. The third-order valence-corrected chi connectivity index (χ3v) is 4.24. The molecule has 120 valence electrons. The number of nitrogens with zero attached hydrogens (tertiary/aromatic N) is 1. The van der Waals surface area contributed by atoms with E-state index >= 15 is 0 Å². The molecule has 0 fully saturated rings. The van der Waals surface area contributed by atoms with Gasteiger partial charge >= 0.3 is 0 Å². The fraction of sp³-hybridized carbons (Fsp3) is 0.533. The van der Waals surface area contributed by atoms with Gasteiger partial charge in [-0.1, -0.05) is 25.1 Å². The molecule has 0 aliphatic rings. The molecule has 3 nitrogen and oxygen atoms in total. The van der Waals surface area contributed by atoms with E-state index in [-0.39, 0.29) is 24.0 Å². The van der Waals surface area contributed by atoms with Gasteiger partial charge in [0.1, 0.15) is 0 Å². The Morgan fingerprint density at radius 1 is 1.24 bits per heavy atom. The van der Waals surface area contributed by atoms with Crippen LogP contribution in [0.1, 0.15) is 13.8 Å². The molecule has 1 atom stereocenters. The molecule has 0 aromatic heterocycles. The summed E-state index contributed by atoms with van der Waals surface area (Å²) < 4.78 is 0. The number of benzene rings is 1. The largest absolute Gasteiger partial charge is 0.357 e. The standard InChI is InChI=1S/C15H25N3S2.HI/c1-4-16-15(17-10-11-19-3)18-12-13(2)20-14-8-6-5-7-9-14;/h5-9,13H,4,10-12H2,1-3H3,(H2,16,17,18);1H. The Morgan fingerprint density at radius 2 is 1.95 bits per heavy atom. The highest BCUT2D eigenvalue weighted by atomic mass is 127. The molecular weight excluding hydrogens is 413 g/mol. The Morgan fingerprint density at radius 3 is 2.57 bits per heavy atom. The molecule has 0 bridgehead atoms. The van der Waals surface area contributed by atoms with E-state index in [2.05, 4.69) is 60.0 Å². The van der Waals surface area contributed by atoms with E-state index in [1.54, 1.807) is 0 Å². The monoisotopic (exact) mass is 439 g/mol. The number of hydrogen-bond donors (Lipinski definition) is 2. The maximum atomic E-state index is 4.65. The fourth-order valence-corrected chi connectivity index (χ4v) is 2.84. The van der Waals surface area contributed by atoms with Crippen LogP contribution in [0.15, 0.2) is 40.2 Å². The molecule has 0 aliphatic carbocycles. The molecular formula is C15H26IN3S2. The minimum Gasteiger partial charge on any atom is -0.357 e. The second-order valence-electron chi connectivity index (χ2n) is 4.38. The van der Waals surface area contributed by atoms with E-state index in [1.165, 1.54) is 4.90 Å². The molecule has 1 rings (SSSR count). The SMILES string of the molecule is CCNC(=NCC(C)Sc1ccccc1)NCCSC.I. The summed E-state index contributed by atoms with van der Waals surface area (Å²) in [5, 5.41) is 7.10. The summed E-state index contributed by atoms with van der Waals surface area (Å²) in [6, 6.07) is 10.5. The van der Waals surface area contributed by atoms with Crippen LogP contribution in [0.2, 0.25) is 0 Å². The second kappa shape index (κ2) is 13.6. The maximum Gasteiger partial charge on any atom is 0.191 e. The van der Waals surface area contributed by atoms with Gasteiger partial charge in [0.15, 0.2) is 5.96 Å². The molecule has 0 heterocycles. The molecule has 0 saturated carbocycles. The predicted molar refractivity (Wildman–Crippen MR) is 110 cm³/mol. The first-order valence-corrected chi connectivity index (χ1v) is 9.26. The normalized spacial score (nSPS) is 12.4. The van der Waals surface area contributed by atoms with E-state index in [0.717, 1.165) is 31.3 Å². The van der Waals surface area contributed by atoms with Crippen molar-refractivity contribution < 1.29 is 0 Å². The third-order valence-electron chi connectivity index (χ3n) is 2.53. The average molecular weight is 439 g/mol. The smallest absolute Gasteiger partial charge is 0.191 e. The molecule has 21 heavy (non-hydrogen) atoms. The number of hydrogen-bond acceptors (Lipinski definition) is 3. The van der Waals surface area contributed by atoms with Crippen molar-refractivity contribution in [2.45, 2.75) is 24.0 Å². The van der Waals surface area contributed by atoms with Crippen LogP contribution in [0.4, 0.5) is 0 Å². The number of rotatable bonds is 8. The lowest BCUT2D eigenvalue weighted by molar-refractivity contribution is 0.834. The van der Waals surface area contributed by atoms with Crippen LogP contribution < -0.4 is 10.6 Å². The van der Waals surface area contributed by atoms with Gasteiger partial charge in [0.05, 0.1) is 6.54 Å². The molecule has 1 aromatic carbocycles. The van der Waals surface area contributed by atoms with Crippen molar-refractivity contribution in [3.8, 4) is 0 Å². The molecule has 0 spiro atoms. The Hall–Kier alpha value is -0.0800. The summed E-state index contributed by atoms with van der Waals surface area (Å²) in [7, 11) is 0. The van der Waals surface area contributed by atoms with Crippen LogP contribution in [0.3, 0.4) is 0 Å². The van der Waals surface area contributed by atoms with E-state index in [1.807, 2.05) is 29.6 Å². The highest BCUT2D eigenvalue weighted by molar-refractivity contribution is 14.0. The summed E-state index contributed by atoms with van der Waals surface area (Å²) in [5.74, 6) is 2.01. The van der Waals surface area contributed by atoms with Gasteiger partial charge in [-0.05, 0) is 25.3 Å². The summed E-state index contributed by atoms with van der Waals surface area (Å²) >= 11 is 3.70. The van der Waals surface area contributed by atoms with Crippen molar-refractivity contribution in [1.82, 2.24) is 10.6 Å². The highest BCUT2D eigenvalue weighted by Crippen LogP contribution is 2.22. The summed E-state index contributed by atoms with van der Waals surface area (Å²) in [6.07, 6.45) is 2.12. The number of halogens is 1. The Labute approximate surface area is 154 Å². The van der Waals surface area contributed by atoms with Gasteiger partial charge in [0.2, 0.25) is 0 Å². The highest BCUT2D eigenvalue weighted by Gasteiger charge is 2.04. The van der Waals surface area contributed by atoms with Crippen molar-refractivity contribution >= 4 is 53.5 Å². The van der Waals surface area contributed by atoms with Crippen LogP contribution in [0, 0.1) is 0 Å². The lowest BCUT2D eigenvalue weighted by atomic mass is 10.4. The van der Waals surface area contributed by atoms with Gasteiger partial charge in [-0.15, -0.1) is 35.7 Å². The van der Waals surface area contributed by atoms with Crippen molar-refractivity contribution in [1.29, 1.82) is 0 Å².